The number of rotatable bonds is 2. The third-order valence-corrected chi connectivity index (χ3v) is 4.19. The number of para-hydroxylation sites is 1. The van der Waals surface area contributed by atoms with Gasteiger partial charge in [-0.05, 0) is 12.1 Å². The van der Waals surface area contributed by atoms with Crippen molar-refractivity contribution in [2.75, 3.05) is 12.2 Å². The molecule has 6 heteroatoms. The average Bonchev–Trinajstić information content (AvgIpc) is 2.46. The molecule has 2 unspecified atom stereocenters. The molecule has 1 saturated heterocycles. The maximum atomic E-state index is 11.7. The van der Waals surface area contributed by atoms with Crippen LogP contribution in [0.15, 0.2) is 42.1 Å². The minimum Gasteiger partial charge on any atom is -0.466 e. The van der Waals surface area contributed by atoms with Gasteiger partial charge in [0.15, 0.2) is 6.10 Å². The fourth-order valence-corrected chi connectivity index (χ4v) is 2.90. The van der Waals surface area contributed by atoms with Crippen LogP contribution in [0.25, 0.3) is 0 Å². The number of benzene rings is 1. The summed E-state index contributed by atoms with van der Waals surface area (Å²) in [6, 6.07) is 9.26. The van der Waals surface area contributed by atoms with Crippen molar-refractivity contribution in [3.05, 3.63) is 42.1 Å². The zero-order valence-electron chi connectivity index (χ0n) is 10.1. The number of hydroxylamine groups is 1. The van der Waals surface area contributed by atoms with E-state index in [0.717, 1.165) is 17.4 Å². The van der Waals surface area contributed by atoms with E-state index in [-0.39, 0.29) is 10.4 Å². The van der Waals surface area contributed by atoms with Gasteiger partial charge in [0.2, 0.25) is 5.12 Å². The number of esters is 1. The molecule has 0 spiro atoms. The molecule has 1 fully saturated rings. The van der Waals surface area contributed by atoms with E-state index in [1.807, 2.05) is 30.3 Å². The van der Waals surface area contributed by atoms with E-state index >= 15 is 0 Å². The van der Waals surface area contributed by atoms with Crippen molar-refractivity contribution in [1.82, 2.24) is 0 Å². The highest BCUT2D eigenvalue weighted by Crippen LogP contribution is 2.42. The Morgan fingerprint density at radius 1 is 1.37 bits per heavy atom. The number of methoxy groups -OCH3 is 1. The number of ether oxygens (including phenoxy) is 1. The van der Waals surface area contributed by atoms with E-state index in [1.165, 1.54) is 12.2 Å². The van der Waals surface area contributed by atoms with Gasteiger partial charge in [-0.3, -0.25) is 9.63 Å². The van der Waals surface area contributed by atoms with Crippen LogP contribution in [0.5, 0.6) is 0 Å². The molecule has 2 aliphatic heterocycles. The van der Waals surface area contributed by atoms with Gasteiger partial charge < -0.3 is 4.74 Å². The zero-order valence-corrected chi connectivity index (χ0v) is 10.9. The van der Waals surface area contributed by atoms with Gasteiger partial charge in [0.05, 0.1) is 23.6 Å². The number of carbonyl (C=O) groups is 2. The first kappa shape index (κ1) is 12.3. The molecule has 2 atom stereocenters. The monoisotopic (exact) mass is 277 g/mol. The second-order valence-electron chi connectivity index (χ2n) is 4.12. The molecule has 0 aliphatic carbocycles. The summed E-state index contributed by atoms with van der Waals surface area (Å²) < 4.78 is 4.75. The molecule has 1 aromatic rings. The Bertz CT molecular complexity index is 557. The Kier molecular flexibility index (Phi) is 3.04. The molecule has 98 valence electrons. The molecule has 19 heavy (non-hydrogen) atoms. The van der Waals surface area contributed by atoms with Crippen molar-refractivity contribution in [1.29, 1.82) is 0 Å². The maximum Gasteiger partial charge on any atom is 0.336 e. The number of carbonyl (C=O) groups excluding carboxylic acids is 2. The van der Waals surface area contributed by atoms with Crippen LogP contribution in [-0.4, -0.2) is 29.5 Å². The van der Waals surface area contributed by atoms with E-state index in [2.05, 4.69) is 0 Å². The van der Waals surface area contributed by atoms with Gasteiger partial charge in [0.1, 0.15) is 0 Å². The SMILES string of the molecule is COC(=O)C1=CN(c2ccccc2)OC2C(=O)SC12. The summed E-state index contributed by atoms with van der Waals surface area (Å²) in [5.41, 5.74) is 1.21. The quantitative estimate of drug-likeness (QED) is 0.764. The summed E-state index contributed by atoms with van der Waals surface area (Å²) in [4.78, 5) is 28.9. The first-order valence-corrected chi connectivity index (χ1v) is 6.60. The lowest BCUT2D eigenvalue weighted by Crippen LogP contribution is -2.52. The van der Waals surface area contributed by atoms with E-state index in [1.54, 1.807) is 6.20 Å². The van der Waals surface area contributed by atoms with Crippen molar-refractivity contribution in [3.8, 4) is 0 Å². The highest BCUT2D eigenvalue weighted by atomic mass is 32.2. The highest BCUT2D eigenvalue weighted by Gasteiger charge is 2.50. The van der Waals surface area contributed by atoms with Crippen LogP contribution in [-0.2, 0) is 19.2 Å². The fourth-order valence-electron chi connectivity index (χ4n) is 1.98. The molecule has 0 amide bonds. The summed E-state index contributed by atoms with van der Waals surface area (Å²) in [6.07, 6.45) is 0.978. The Morgan fingerprint density at radius 3 is 2.74 bits per heavy atom. The molecule has 2 aliphatic rings. The van der Waals surface area contributed by atoms with E-state index in [0.29, 0.717) is 5.57 Å². The second-order valence-corrected chi connectivity index (χ2v) is 5.27. The third kappa shape index (κ3) is 2.02. The van der Waals surface area contributed by atoms with E-state index < -0.39 is 12.1 Å². The van der Waals surface area contributed by atoms with Crippen LogP contribution in [0.1, 0.15) is 0 Å². The Labute approximate surface area is 114 Å². The second kappa shape index (κ2) is 4.71. The third-order valence-electron chi connectivity index (χ3n) is 2.97. The highest BCUT2D eigenvalue weighted by molar-refractivity contribution is 8.16. The average molecular weight is 277 g/mol. The number of anilines is 1. The molecule has 3 rings (SSSR count). The van der Waals surface area contributed by atoms with Gasteiger partial charge in [-0.15, -0.1) is 0 Å². The van der Waals surface area contributed by atoms with Gasteiger partial charge >= 0.3 is 5.97 Å². The summed E-state index contributed by atoms with van der Waals surface area (Å²) in [7, 11) is 1.33. The van der Waals surface area contributed by atoms with Crippen LogP contribution in [0.2, 0.25) is 0 Å². The summed E-state index contributed by atoms with van der Waals surface area (Å²) in [6.45, 7) is 0. The minimum atomic E-state index is -0.607. The predicted octanol–water partition coefficient (Wildman–Crippen LogP) is 1.51. The van der Waals surface area contributed by atoms with Gasteiger partial charge in [-0.25, -0.2) is 9.86 Å². The van der Waals surface area contributed by atoms with Crippen LogP contribution < -0.4 is 5.06 Å². The summed E-state index contributed by atoms with van der Waals surface area (Å²) >= 11 is 1.10. The molecular formula is C13H11NO4S. The molecule has 0 saturated carbocycles. The molecule has 0 radical (unpaired) electrons. The lowest BCUT2D eigenvalue weighted by atomic mass is 10.1. The summed E-state index contributed by atoms with van der Waals surface area (Å²) in [5.74, 6) is -0.431. The van der Waals surface area contributed by atoms with Crippen molar-refractivity contribution >= 4 is 28.5 Å². The van der Waals surface area contributed by atoms with Crippen molar-refractivity contribution in [2.24, 2.45) is 0 Å². The Balaban J connectivity index is 1.95. The molecule has 1 aromatic carbocycles. The zero-order chi connectivity index (χ0) is 13.4. The first-order valence-electron chi connectivity index (χ1n) is 5.72. The van der Waals surface area contributed by atoms with Crippen LogP contribution >= 0.6 is 11.8 Å². The van der Waals surface area contributed by atoms with Gasteiger partial charge in [0.25, 0.3) is 0 Å². The van der Waals surface area contributed by atoms with E-state index in [4.69, 9.17) is 9.57 Å². The van der Waals surface area contributed by atoms with E-state index in [9.17, 15) is 9.59 Å². The fraction of sp³-hybridized carbons (Fsp3) is 0.231. The number of nitrogens with zero attached hydrogens (tertiary/aromatic N) is 1. The first-order chi connectivity index (χ1) is 9.20. The lowest BCUT2D eigenvalue weighted by molar-refractivity contribution is -0.137. The molecule has 0 N–H and O–H groups in total. The van der Waals surface area contributed by atoms with Crippen LogP contribution in [0, 0.1) is 0 Å². The Morgan fingerprint density at radius 2 is 2.11 bits per heavy atom. The molecule has 0 bridgehead atoms. The lowest BCUT2D eigenvalue weighted by Gasteiger charge is -2.41. The van der Waals surface area contributed by atoms with Crippen molar-refractivity contribution < 1.29 is 19.2 Å². The largest absolute Gasteiger partial charge is 0.466 e. The van der Waals surface area contributed by atoms with Gasteiger partial charge in [-0.2, -0.15) is 0 Å². The molecular weight excluding hydrogens is 266 g/mol. The van der Waals surface area contributed by atoms with Crippen molar-refractivity contribution in [3.63, 3.8) is 0 Å². The van der Waals surface area contributed by atoms with Gasteiger partial charge in [0, 0.05) is 6.20 Å². The Hall–Kier alpha value is -1.79. The molecule has 0 aromatic heterocycles. The van der Waals surface area contributed by atoms with Crippen molar-refractivity contribution in [2.45, 2.75) is 11.4 Å². The van der Waals surface area contributed by atoms with Gasteiger partial charge in [-0.1, -0.05) is 30.0 Å². The predicted molar refractivity (Wildman–Crippen MR) is 70.3 cm³/mol. The summed E-state index contributed by atoms with van der Waals surface area (Å²) in [5, 5.41) is 1.12. The number of hydrogen-bond acceptors (Lipinski definition) is 6. The van der Waals surface area contributed by atoms with Crippen LogP contribution in [0.3, 0.4) is 0 Å². The normalized spacial score (nSPS) is 25.2. The molecule has 5 nitrogen and oxygen atoms in total. The molecule has 2 heterocycles. The standard InChI is InChI=1S/C13H11NO4S/c1-17-12(15)9-7-14(8-5-3-2-4-6-8)18-10-11(9)19-13(10)16/h2-7,10-11H,1H3. The number of thioether (sulfide) groups is 1. The number of hydrogen-bond donors (Lipinski definition) is 0. The minimum absolute atomic E-state index is 0.0690. The number of fused-ring (bicyclic) bond motifs is 1. The van der Waals surface area contributed by atoms with Crippen LogP contribution in [0.4, 0.5) is 5.69 Å². The maximum absolute atomic E-state index is 11.7. The topological polar surface area (TPSA) is 55.8 Å². The smallest absolute Gasteiger partial charge is 0.336 e.